The maximum Gasteiger partial charge on any atom is 0.335 e. The van der Waals surface area contributed by atoms with Crippen molar-refractivity contribution < 1.29 is 94.2 Å². The van der Waals surface area contributed by atoms with Crippen LogP contribution in [0.15, 0.2) is 11.6 Å². The second-order valence-electron chi connectivity index (χ2n) is 23.5. The zero-order valence-corrected chi connectivity index (χ0v) is 39.7. The Bertz CT molecular complexity index is 1870. The highest BCUT2D eigenvalue weighted by molar-refractivity contribution is 5.79. The van der Waals surface area contributed by atoms with Crippen LogP contribution >= 0.6 is 0 Å². The maximum atomic E-state index is 14.7. The third-order valence-corrected chi connectivity index (χ3v) is 19.3. The first-order valence-electron chi connectivity index (χ1n) is 24.3. The highest BCUT2D eigenvalue weighted by atomic mass is 16.7. The summed E-state index contributed by atoms with van der Waals surface area (Å²) in [6.45, 7) is 14.4. The van der Waals surface area contributed by atoms with Gasteiger partial charge in [-0.1, -0.05) is 60.1 Å². The molecule has 23 atom stereocenters. The fourth-order valence-electron chi connectivity index (χ4n) is 15.0. The van der Waals surface area contributed by atoms with E-state index in [1.807, 2.05) is 0 Å². The van der Waals surface area contributed by atoms with Crippen molar-refractivity contribution in [3.8, 4) is 0 Å². The topological polar surface area (TPSA) is 312 Å². The normalized spacial score (nSPS) is 52.6. The van der Waals surface area contributed by atoms with Crippen LogP contribution in [0.1, 0.15) is 113 Å². The van der Waals surface area contributed by atoms with Gasteiger partial charge in [0.1, 0.15) is 67.1 Å². The van der Waals surface area contributed by atoms with E-state index in [1.165, 1.54) is 5.57 Å². The van der Waals surface area contributed by atoms with Crippen LogP contribution in [0.5, 0.6) is 0 Å². The number of aliphatic hydroxyl groups is 10. The first-order chi connectivity index (χ1) is 31.2. The Morgan fingerprint density at radius 3 is 1.84 bits per heavy atom. The molecule has 0 bridgehead atoms. The highest BCUT2D eigenvalue weighted by Crippen LogP contribution is 2.76. The number of carboxylic acids is 1. The molecule has 8 rings (SSSR count). The van der Waals surface area contributed by atoms with Crippen LogP contribution in [0.4, 0.5) is 0 Å². The zero-order valence-electron chi connectivity index (χ0n) is 39.7. The second-order valence-corrected chi connectivity index (χ2v) is 23.5. The van der Waals surface area contributed by atoms with Crippen molar-refractivity contribution in [1.82, 2.24) is 0 Å². The van der Waals surface area contributed by atoms with Crippen molar-refractivity contribution in [3.05, 3.63) is 11.6 Å². The standard InChI is InChI=1S/C48H76O19/c1-43(2)14-16-48(42(61)67-40-33(56)31(54)29(52)24(20-50)63-40)17-15-46(6)21(22(48)18-43)8-9-26-45(5)12-11-27(44(3,4)25(45)10-13-47(26,46)7)64-41-35(58)36(34(57)37(66-41)38(59)60)65-39-32(55)30(53)28(51)23(19-49)62-39/h8,22-37,39-41,49-58H,9-20H2,1-7H3,(H,59,60)/t22?,23?,24?,25?,26?,27-,28?,29?,30?,31?,32?,33?,34?,35?,36?,37?,39?,40?,41?,45-,46+,47+,48-/m0/s1. The molecule has 3 heterocycles. The van der Waals surface area contributed by atoms with Crippen molar-refractivity contribution in [3.63, 3.8) is 0 Å². The van der Waals surface area contributed by atoms with Gasteiger partial charge in [-0.05, 0) is 109 Å². The molecule has 3 aliphatic heterocycles. The first kappa shape index (κ1) is 51.4. The summed E-state index contributed by atoms with van der Waals surface area (Å²) in [5.74, 6) is -1.91. The SMILES string of the molecule is CC1(C)CC[C@]2(C(=O)OC3OC(CO)C(O)C(O)C3O)CC[C@]3(C)C(=CCC4[C@@]5(C)CC[C@H](OC6OC(C(=O)O)C(O)C(OC7OC(CO)C(O)C(O)C7O)C6O)C(C)(C)C5CC[C@]43C)C2C1. The number of aliphatic hydroxyl groups excluding tert-OH is 10. The molecule has 11 N–H and O–H groups in total. The van der Waals surface area contributed by atoms with E-state index in [2.05, 4.69) is 54.5 Å². The van der Waals surface area contributed by atoms with Gasteiger partial charge in [-0.25, -0.2) is 4.79 Å². The Hall–Kier alpha value is -1.92. The molecule has 18 unspecified atom stereocenters. The molecule has 19 nitrogen and oxygen atoms in total. The molecule has 7 fully saturated rings. The van der Waals surface area contributed by atoms with Crippen LogP contribution in [-0.2, 0) is 38.0 Å². The predicted molar refractivity (Wildman–Crippen MR) is 231 cm³/mol. The van der Waals surface area contributed by atoms with Gasteiger partial charge in [-0.3, -0.25) is 4.79 Å². The number of allylic oxidation sites excluding steroid dienone is 2. The molecular weight excluding hydrogens is 881 g/mol. The molecule has 382 valence electrons. The average molecular weight is 957 g/mol. The van der Waals surface area contributed by atoms with Crippen LogP contribution in [0.25, 0.3) is 0 Å². The van der Waals surface area contributed by atoms with Gasteiger partial charge >= 0.3 is 11.9 Å². The van der Waals surface area contributed by atoms with E-state index in [-0.39, 0.29) is 39.4 Å². The number of carbonyl (C=O) groups excluding carboxylic acids is 1. The molecule has 8 aliphatic rings. The summed E-state index contributed by atoms with van der Waals surface area (Å²) >= 11 is 0. The molecule has 67 heavy (non-hydrogen) atoms. The van der Waals surface area contributed by atoms with Crippen molar-refractivity contribution in [2.45, 2.75) is 211 Å². The number of ether oxygens (including phenoxy) is 6. The Labute approximate surface area is 391 Å². The molecule has 0 aromatic carbocycles. The molecular formula is C48H76O19. The Kier molecular flexibility index (Phi) is 13.8. The molecule has 0 amide bonds. The summed E-state index contributed by atoms with van der Waals surface area (Å²) in [6.07, 6.45) is -16.4. The van der Waals surface area contributed by atoms with E-state index in [1.54, 1.807) is 0 Å². The summed E-state index contributed by atoms with van der Waals surface area (Å²) in [5.41, 5.74) is -0.975. The Morgan fingerprint density at radius 1 is 0.642 bits per heavy atom. The van der Waals surface area contributed by atoms with Gasteiger partial charge in [0.15, 0.2) is 18.7 Å². The largest absolute Gasteiger partial charge is 0.479 e. The van der Waals surface area contributed by atoms with Gasteiger partial charge in [0.25, 0.3) is 0 Å². The van der Waals surface area contributed by atoms with Crippen molar-refractivity contribution in [2.75, 3.05) is 13.2 Å². The Balaban J connectivity index is 1.03. The van der Waals surface area contributed by atoms with Crippen LogP contribution in [0, 0.1) is 50.2 Å². The number of rotatable bonds is 9. The zero-order chi connectivity index (χ0) is 49.1. The highest BCUT2D eigenvalue weighted by Gasteiger charge is 2.70. The van der Waals surface area contributed by atoms with Crippen LogP contribution in [-0.4, -0.2) is 180 Å². The lowest BCUT2D eigenvalue weighted by atomic mass is 9.33. The molecule has 0 spiro atoms. The average Bonchev–Trinajstić information content (AvgIpc) is 3.26. The van der Waals surface area contributed by atoms with Crippen LogP contribution in [0.2, 0.25) is 0 Å². The van der Waals surface area contributed by atoms with Crippen molar-refractivity contribution in [2.24, 2.45) is 50.2 Å². The number of esters is 1. The van der Waals surface area contributed by atoms with Gasteiger partial charge in [0, 0.05) is 0 Å². The smallest absolute Gasteiger partial charge is 0.335 e. The fourth-order valence-corrected chi connectivity index (χ4v) is 15.0. The lowest BCUT2D eigenvalue weighted by Gasteiger charge is -2.71. The summed E-state index contributed by atoms with van der Waals surface area (Å²) < 4.78 is 35.2. The summed E-state index contributed by atoms with van der Waals surface area (Å²) in [7, 11) is 0. The van der Waals surface area contributed by atoms with E-state index >= 15 is 0 Å². The van der Waals surface area contributed by atoms with Crippen molar-refractivity contribution >= 4 is 11.9 Å². The molecule has 19 heteroatoms. The first-order valence-corrected chi connectivity index (χ1v) is 24.3. The predicted octanol–water partition coefficient (Wildman–Crippen LogP) is 0.233. The van der Waals surface area contributed by atoms with Crippen LogP contribution < -0.4 is 0 Å². The molecule has 4 saturated carbocycles. The van der Waals surface area contributed by atoms with E-state index in [0.29, 0.717) is 25.7 Å². The summed E-state index contributed by atoms with van der Waals surface area (Å²) in [6, 6.07) is 0. The Morgan fingerprint density at radius 2 is 1.22 bits per heavy atom. The van der Waals surface area contributed by atoms with E-state index in [0.717, 1.165) is 38.5 Å². The lowest BCUT2D eigenvalue weighted by molar-refractivity contribution is -0.365. The minimum Gasteiger partial charge on any atom is -0.479 e. The molecule has 0 aromatic rings. The van der Waals surface area contributed by atoms with Gasteiger partial charge in [-0.15, -0.1) is 0 Å². The van der Waals surface area contributed by atoms with E-state index in [9.17, 15) is 65.8 Å². The molecule has 5 aliphatic carbocycles. The number of carbonyl (C=O) groups is 2. The van der Waals surface area contributed by atoms with Gasteiger partial charge in [0.05, 0.1) is 24.7 Å². The number of fused-ring (bicyclic) bond motifs is 7. The fraction of sp³-hybridized carbons (Fsp3) is 0.917. The lowest BCUT2D eigenvalue weighted by Crippen LogP contribution is -2.67. The second kappa shape index (κ2) is 18.0. The van der Waals surface area contributed by atoms with Crippen molar-refractivity contribution in [1.29, 1.82) is 0 Å². The summed E-state index contributed by atoms with van der Waals surface area (Å²) in [5, 5.41) is 115. The van der Waals surface area contributed by atoms with E-state index in [4.69, 9.17) is 28.4 Å². The van der Waals surface area contributed by atoms with E-state index < -0.39 is 134 Å². The quantitative estimate of drug-likeness (QED) is 0.0838. The number of carboxylic acid groups (broad SMARTS) is 1. The number of hydrogen-bond acceptors (Lipinski definition) is 18. The molecule has 0 aromatic heterocycles. The van der Waals surface area contributed by atoms with Gasteiger partial charge in [0.2, 0.25) is 6.29 Å². The molecule has 3 saturated heterocycles. The molecule has 0 radical (unpaired) electrons. The third kappa shape index (κ3) is 8.06. The maximum absolute atomic E-state index is 14.7. The monoisotopic (exact) mass is 956 g/mol. The third-order valence-electron chi connectivity index (χ3n) is 19.3. The number of aliphatic carboxylic acids is 1. The van der Waals surface area contributed by atoms with Crippen LogP contribution in [0.3, 0.4) is 0 Å². The van der Waals surface area contributed by atoms with Gasteiger partial charge < -0.3 is 84.6 Å². The van der Waals surface area contributed by atoms with Gasteiger partial charge in [-0.2, -0.15) is 0 Å². The number of hydrogen-bond donors (Lipinski definition) is 11. The minimum absolute atomic E-state index is 0.0786. The minimum atomic E-state index is -1.97. The summed E-state index contributed by atoms with van der Waals surface area (Å²) in [4.78, 5) is 27.1.